The van der Waals surface area contributed by atoms with Gasteiger partial charge in [0, 0.05) is 42.9 Å². The molecule has 1 saturated heterocycles. The summed E-state index contributed by atoms with van der Waals surface area (Å²) < 4.78 is 23.7. The molecular weight excluding hydrogens is 543 g/mol. The van der Waals surface area contributed by atoms with E-state index in [2.05, 4.69) is 55.5 Å². The number of nitrogens with one attached hydrogen (secondary N) is 2. The van der Waals surface area contributed by atoms with Gasteiger partial charge in [-0.3, -0.25) is 0 Å². The Kier molecular flexibility index (Phi) is 11.2. The first kappa shape index (κ1) is 24.6. The number of piperidine rings is 1. The van der Waals surface area contributed by atoms with Crippen LogP contribution in [0.15, 0.2) is 33.7 Å². The van der Waals surface area contributed by atoms with Crippen LogP contribution in [-0.4, -0.2) is 63.5 Å². The summed E-state index contributed by atoms with van der Waals surface area (Å²) in [6.45, 7) is 5.97. The minimum absolute atomic E-state index is 0. The van der Waals surface area contributed by atoms with Crippen molar-refractivity contribution in [1.82, 2.24) is 15.5 Å². The molecule has 27 heavy (non-hydrogen) atoms. The van der Waals surface area contributed by atoms with Gasteiger partial charge in [0.2, 0.25) is 0 Å². The van der Waals surface area contributed by atoms with Crippen molar-refractivity contribution in [1.29, 1.82) is 0 Å². The molecule has 0 radical (unpaired) electrons. The number of nitrogens with zero attached hydrogens (tertiary/aromatic N) is 2. The number of likely N-dealkylation sites (tertiary alicyclic amines) is 1. The smallest absolute Gasteiger partial charge is 0.191 e. The average Bonchev–Trinajstić information content (AvgIpc) is 2.60. The van der Waals surface area contributed by atoms with Gasteiger partial charge in [0.05, 0.1) is 12.3 Å². The summed E-state index contributed by atoms with van der Waals surface area (Å²) in [4.78, 5) is 6.91. The van der Waals surface area contributed by atoms with Gasteiger partial charge in [0.1, 0.15) is 9.84 Å². The zero-order valence-corrected chi connectivity index (χ0v) is 20.7. The van der Waals surface area contributed by atoms with E-state index in [-0.39, 0.29) is 29.7 Å². The van der Waals surface area contributed by atoms with E-state index in [1.165, 1.54) is 11.8 Å². The van der Waals surface area contributed by atoms with Gasteiger partial charge in [0.15, 0.2) is 5.96 Å². The van der Waals surface area contributed by atoms with E-state index in [9.17, 15) is 8.42 Å². The van der Waals surface area contributed by atoms with E-state index in [0.29, 0.717) is 19.1 Å². The van der Waals surface area contributed by atoms with Gasteiger partial charge in [-0.25, -0.2) is 13.4 Å². The van der Waals surface area contributed by atoms with Crippen LogP contribution in [0, 0.1) is 0 Å². The molecule has 0 aliphatic carbocycles. The first-order valence-electron chi connectivity index (χ1n) is 9.05. The molecular formula is C18H30BrIN4O2S. The van der Waals surface area contributed by atoms with Crippen LogP contribution in [-0.2, 0) is 16.4 Å². The Hall–Kier alpha value is -0.390. The van der Waals surface area contributed by atoms with Crippen LogP contribution < -0.4 is 10.6 Å². The number of hydrogen-bond donors (Lipinski definition) is 2. The molecule has 1 aliphatic rings. The molecule has 0 atom stereocenters. The van der Waals surface area contributed by atoms with Gasteiger partial charge in [-0.1, -0.05) is 28.1 Å². The molecule has 0 unspecified atom stereocenters. The zero-order valence-electron chi connectivity index (χ0n) is 15.9. The van der Waals surface area contributed by atoms with E-state index in [4.69, 9.17) is 0 Å². The monoisotopic (exact) mass is 572 g/mol. The number of rotatable bonds is 7. The van der Waals surface area contributed by atoms with Crippen LogP contribution in [0.5, 0.6) is 0 Å². The highest BCUT2D eigenvalue weighted by atomic mass is 127. The van der Waals surface area contributed by atoms with Crippen molar-refractivity contribution in [2.75, 3.05) is 38.2 Å². The van der Waals surface area contributed by atoms with Crippen molar-refractivity contribution in [2.45, 2.75) is 32.4 Å². The first-order valence-corrected chi connectivity index (χ1v) is 11.9. The molecule has 1 heterocycles. The zero-order chi connectivity index (χ0) is 19.0. The molecule has 0 bridgehead atoms. The fourth-order valence-electron chi connectivity index (χ4n) is 2.87. The number of benzene rings is 1. The summed E-state index contributed by atoms with van der Waals surface area (Å²) in [5, 5.41) is 6.82. The second-order valence-electron chi connectivity index (χ2n) is 6.71. The Morgan fingerprint density at radius 3 is 2.44 bits per heavy atom. The highest BCUT2D eigenvalue weighted by Gasteiger charge is 2.20. The van der Waals surface area contributed by atoms with Gasteiger partial charge < -0.3 is 15.5 Å². The molecule has 154 valence electrons. The molecule has 0 amide bonds. The summed E-state index contributed by atoms with van der Waals surface area (Å²) in [6.07, 6.45) is 3.28. The summed E-state index contributed by atoms with van der Waals surface area (Å²) >= 11 is 3.44. The van der Waals surface area contributed by atoms with Gasteiger partial charge in [-0.2, -0.15) is 0 Å². The Bertz CT molecular complexity index is 690. The second kappa shape index (κ2) is 12.2. The second-order valence-corrected chi connectivity index (χ2v) is 9.89. The molecule has 1 aromatic carbocycles. The fourth-order valence-corrected chi connectivity index (χ4v) is 3.72. The lowest BCUT2D eigenvalue weighted by Gasteiger charge is -2.32. The summed E-state index contributed by atoms with van der Waals surface area (Å²) in [6, 6.07) is 8.55. The third-order valence-corrected chi connectivity index (χ3v) is 5.84. The van der Waals surface area contributed by atoms with Crippen LogP contribution in [0.2, 0.25) is 0 Å². The van der Waals surface area contributed by atoms with Crippen LogP contribution in [0.3, 0.4) is 0 Å². The lowest BCUT2D eigenvalue weighted by atomic mass is 10.1. The number of halogens is 2. The average molecular weight is 573 g/mol. The maximum Gasteiger partial charge on any atom is 0.191 e. The van der Waals surface area contributed by atoms with E-state index >= 15 is 0 Å². The number of hydrogen-bond acceptors (Lipinski definition) is 4. The van der Waals surface area contributed by atoms with Gasteiger partial charge in [0.25, 0.3) is 0 Å². The molecule has 2 rings (SSSR count). The molecule has 0 aromatic heterocycles. The van der Waals surface area contributed by atoms with Crippen molar-refractivity contribution in [3.63, 3.8) is 0 Å². The number of guanidine groups is 1. The third-order valence-electron chi connectivity index (χ3n) is 4.38. The first-order chi connectivity index (χ1) is 12.4. The van der Waals surface area contributed by atoms with Crippen LogP contribution in [0.4, 0.5) is 0 Å². The molecule has 1 aliphatic heterocycles. The minimum Gasteiger partial charge on any atom is -0.357 e. The minimum atomic E-state index is -2.89. The summed E-state index contributed by atoms with van der Waals surface area (Å²) in [5.41, 5.74) is 1.17. The molecule has 1 fully saturated rings. The molecule has 9 heteroatoms. The van der Waals surface area contributed by atoms with E-state index < -0.39 is 9.84 Å². The van der Waals surface area contributed by atoms with Crippen LogP contribution in [0.25, 0.3) is 0 Å². The predicted octanol–water partition coefficient (Wildman–Crippen LogP) is 2.63. The van der Waals surface area contributed by atoms with E-state index in [0.717, 1.165) is 42.9 Å². The Labute approximate surface area is 188 Å². The SMILES string of the molecule is CCNC(=NCc1ccc(Br)cc1)NC1CCN(CCS(C)(=O)=O)CC1.I. The van der Waals surface area contributed by atoms with Crippen molar-refractivity contribution in [2.24, 2.45) is 4.99 Å². The van der Waals surface area contributed by atoms with Crippen molar-refractivity contribution < 1.29 is 8.42 Å². The van der Waals surface area contributed by atoms with Crippen LogP contribution >= 0.6 is 39.9 Å². The molecule has 6 nitrogen and oxygen atoms in total. The van der Waals surface area contributed by atoms with E-state index in [1.807, 2.05) is 12.1 Å². The maximum absolute atomic E-state index is 11.3. The quantitative estimate of drug-likeness (QED) is 0.298. The molecule has 0 saturated carbocycles. The summed E-state index contributed by atoms with van der Waals surface area (Å²) in [7, 11) is -2.89. The summed E-state index contributed by atoms with van der Waals surface area (Å²) in [5.74, 6) is 1.08. The topological polar surface area (TPSA) is 73.8 Å². The lowest BCUT2D eigenvalue weighted by Crippen LogP contribution is -2.49. The maximum atomic E-state index is 11.3. The van der Waals surface area contributed by atoms with Gasteiger partial charge in [-0.15, -0.1) is 24.0 Å². The van der Waals surface area contributed by atoms with Crippen molar-refractivity contribution in [3.8, 4) is 0 Å². The predicted molar refractivity (Wildman–Crippen MR) is 127 cm³/mol. The standard InChI is InChI=1S/C18H29BrN4O2S.HI/c1-3-20-18(21-14-15-4-6-16(19)7-5-15)22-17-8-10-23(11-9-17)12-13-26(2,24)25;/h4-7,17H,3,8-14H2,1-2H3,(H2,20,21,22);1H. The lowest BCUT2D eigenvalue weighted by molar-refractivity contribution is 0.216. The highest BCUT2D eigenvalue weighted by molar-refractivity contribution is 14.0. The van der Waals surface area contributed by atoms with E-state index in [1.54, 1.807) is 0 Å². The molecule has 0 spiro atoms. The number of sulfone groups is 1. The highest BCUT2D eigenvalue weighted by Crippen LogP contribution is 2.12. The Morgan fingerprint density at radius 1 is 1.26 bits per heavy atom. The van der Waals surface area contributed by atoms with Gasteiger partial charge in [-0.05, 0) is 37.5 Å². The molecule has 1 aromatic rings. The fraction of sp³-hybridized carbons (Fsp3) is 0.611. The normalized spacial score (nSPS) is 16.6. The van der Waals surface area contributed by atoms with Crippen molar-refractivity contribution in [3.05, 3.63) is 34.3 Å². The Balaban J connectivity index is 0.00000364. The van der Waals surface area contributed by atoms with Crippen molar-refractivity contribution >= 4 is 55.7 Å². The number of aliphatic imine (C=N–C) groups is 1. The van der Waals surface area contributed by atoms with Gasteiger partial charge >= 0.3 is 0 Å². The largest absolute Gasteiger partial charge is 0.357 e. The molecule has 2 N–H and O–H groups in total. The van der Waals surface area contributed by atoms with Crippen LogP contribution in [0.1, 0.15) is 25.3 Å². The Morgan fingerprint density at radius 2 is 1.89 bits per heavy atom. The third kappa shape index (κ3) is 10.1.